The van der Waals surface area contributed by atoms with Crippen LogP contribution in [-0.2, 0) is 20.2 Å². The average molecular weight is 889 g/mol. The fourth-order valence-corrected chi connectivity index (χ4v) is 7.20. The van der Waals surface area contributed by atoms with Crippen LogP contribution in [0.25, 0.3) is 21.5 Å². The lowest BCUT2D eigenvalue weighted by Crippen LogP contribution is -2.19. The Morgan fingerprint density at radius 2 is 0.703 bits per heavy atom. The largest absolute Gasteiger partial charge is 0.323 e. The van der Waals surface area contributed by atoms with Gasteiger partial charge in [-0.3, -0.25) is 9.11 Å². The third-order valence-corrected chi connectivity index (χ3v) is 11.1. The summed E-state index contributed by atoms with van der Waals surface area (Å²) >= 11 is 0. The van der Waals surface area contributed by atoms with Gasteiger partial charge in [0.25, 0.3) is 20.2 Å². The first-order valence-electron chi connectivity index (χ1n) is 19.0. The first-order valence-corrected chi connectivity index (χ1v) is 21.9. The second-order valence-electron chi connectivity index (χ2n) is 13.7. The van der Waals surface area contributed by atoms with Crippen LogP contribution in [0, 0.1) is 0 Å². The van der Waals surface area contributed by atoms with E-state index in [9.17, 15) is 30.7 Å². The Morgan fingerprint density at radius 1 is 0.359 bits per heavy atom. The molecule has 19 heteroatoms. The molecule has 8 aromatic carbocycles. The highest BCUT2D eigenvalue weighted by Crippen LogP contribution is 2.38. The Kier molecular flexibility index (Phi) is 12.2. The summed E-state index contributed by atoms with van der Waals surface area (Å²) in [4.78, 5) is 12.1. The van der Waals surface area contributed by atoms with Crippen molar-refractivity contribution in [3.8, 4) is 0 Å². The van der Waals surface area contributed by atoms with Gasteiger partial charge in [0.2, 0.25) is 0 Å². The van der Waals surface area contributed by atoms with E-state index in [0.29, 0.717) is 45.2 Å². The highest BCUT2D eigenvalue weighted by Gasteiger charge is 2.15. The van der Waals surface area contributed by atoms with Gasteiger partial charge in [0, 0.05) is 32.9 Å². The van der Waals surface area contributed by atoms with Crippen molar-refractivity contribution in [2.45, 2.75) is 9.79 Å². The Hall–Kier alpha value is -8.23. The molecule has 8 rings (SSSR count). The average Bonchev–Trinajstić information content (AvgIpc) is 3.29. The molecule has 2 amide bonds. The maximum atomic E-state index is 12.8. The highest BCUT2D eigenvalue weighted by atomic mass is 32.2. The number of benzene rings is 8. The molecule has 0 heterocycles. The van der Waals surface area contributed by atoms with Gasteiger partial charge in [0.15, 0.2) is 0 Å². The molecule has 0 aromatic heterocycles. The number of carbonyl (C=O) groups excluding carboxylic acids is 1. The lowest BCUT2D eigenvalue weighted by atomic mass is 10.1. The number of nitrogens with one attached hydrogen (secondary N) is 2. The van der Waals surface area contributed by atoms with Crippen LogP contribution >= 0.6 is 0 Å². The van der Waals surface area contributed by atoms with Crippen molar-refractivity contribution in [3.63, 3.8) is 0 Å². The van der Waals surface area contributed by atoms with E-state index < -0.39 is 26.3 Å². The summed E-state index contributed by atoms with van der Waals surface area (Å²) in [7, 11) is -8.98. The predicted octanol–water partition coefficient (Wildman–Crippen LogP) is 13.8. The van der Waals surface area contributed by atoms with E-state index in [-0.39, 0.29) is 26.6 Å². The highest BCUT2D eigenvalue weighted by molar-refractivity contribution is 7.86. The van der Waals surface area contributed by atoms with Crippen molar-refractivity contribution < 1.29 is 30.7 Å². The van der Waals surface area contributed by atoms with E-state index in [0.717, 1.165) is 28.6 Å². The second-order valence-corrected chi connectivity index (χ2v) is 16.6. The standard InChI is InChI=1S/C45H32N10O7S2/c56-45(46-29-10-14-32(15-11-29)49-53-42-25-24-41(37-8-4-5-9-38(37)42)52-48-31-6-2-1-3-7-31)47-30-12-16-33(17-13-30)50-54-43-26-27-44(40-28-36(64(60,61)62)22-23-39(40)43)55-51-34-18-20-35(21-19-34)63(57,58)59/h1-28H,(H2,46,47,56)(H,57,58,59)(H,60,61,62). The topological polar surface area (TPSA) is 249 Å². The lowest BCUT2D eigenvalue weighted by molar-refractivity contribution is 0.262. The number of hydrogen-bond acceptors (Lipinski definition) is 13. The van der Waals surface area contributed by atoms with Gasteiger partial charge in [-0.25, -0.2) is 4.79 Å². The van der Waals surface area contributed by atoms with Gasteiger partial charge in [0.1, 0.15) is 0 Å². The van der Waals surface area contributed by atoms with Gasteiger partial charge < -0.3 is 10.6 Å². The minimum absolute atomic E-state index is 0.212. The summed E-state index contributed by atoms with van der Waals surface area (Å²) in [5.41, 5.74) is 4.94. The second kappa shape index (κ2) is 18.4. The molecular weight excluding hydrogens is 857 g/mol. The summed E-state index contributed by atoms with van der Waals surface area (Å²) in [5.74, 6) is 0. The van der Waals surface area contributed by atoms with Crippen molar-refractivity contribution in [1.29, 1.82) is 0 Å². The molecule has 0 radical (unpaired) electrons. The molecule has 17 nitrogen and oxygen atoms in total. The monoisotopic (exact) mass is 888 g/mol. The molecule has 0 unspecified atom stereocenters. The minimum Gasteiger partial charge on any atom is -0.308 e. The van der Waals surface area contributed by atoms with Gasteiger partial charge >= 0.3 is 6.03 Å². The molecule has 0 aliphatic rings. The fourth-order valence-electron chi connectivity index (χ4n) is 6.21. The summed E-state index contributed by atoms with van der Waals surface area (Å²) in [6.45, 7) is 0. The smallest absolute Gasteiger partial charge is 0.308 e. The number of nitrogens with zero attached hydrogens (tertiary/aromatic N) is 8. The summed E-state index contributed by atoms with van der Waals surface area (Å²) in [5, 5.41) is 42.6. The Balaban J connectivity index is 0.904. The number of azo groups is 4. The van der Waals surface area contributed by atoms with Crippen molar-refractivity contribution in [2.24, 2.45) is 40.9 Å². The molecule has 316 valence electrons. The molecule has 4 N–H and O–H groups in total. The van der Waals surface area contributed by atoms with Crippen molar-refractivity contribution in [3.05, 3.63) is 170 Å². The van der Waals surface area contributed by atoms with E-state index in [4.69, 9.17) is 0 Å². The molecule has 0 fully saturated rings. The van der Waals surface area contributed by atoms with Crippen LogP contribution in [0.15, 0.2) is 221 Å². The van der Waals surface area contributed by atoms with Crippen molar-refractivity contribution in [1.82, 2.24) is 0 Å². The number of urea groups is 1. The van der Waals surface area contributed by atoms with Crippen LogP contribution in [-0.4, -0.2) is 32.0 Å². The molecule has 0 saturated carbocycles. The van der Waals surface area contributed by atoms with E-state index >= 15 is 0 Å². The first-order chi connectivity index (χ1) is 30.9. The van der Waals surface area contributed by atoms with E-state index in [1.165, 1.54) is 36.4 Å². The van der Waals surface area contributed by atoms with Crippen LogP contribution in [0.3, 0.4) is 0 Å². The normalized spacial score (nSPS) is 12.3. The molecule has 0 atom stereocenters. The predicted molar refractivity (Wildman–Crippen MR) is 243 cm³/mol. The van der Waals surface area contributed by atoms with Crippen LogP contribution in [0.2, 0.25) is 0 Å². The van der Waals surface area contributed by atoms with Gasteiger partial charge in [-0.2, -0.15) is 37.3 Å². The molecular formula is C45H32N10O7S2. The van der Waals surface area contributed by atoms with Crippen LogP contribution in [0.1, 0.15) is 0 Å². The summed E-state index contributed by atoms with van der Waals surface area (Å²) < 4.78 is 65.6. The number of amides is 2. The molecule has 0 aliphatic carbocycles. The Morgan fingerprint density at radius 3 is 1.12 bits per heavy atom. The van der Waals surface area contributed by atoms with Crippen LogP contribution in [0.5, 0.6) is 0 Å². The minimum atomic E-state index is -4.58. The molecule has 0 saturated heterocycles. The van der Waals surface area contributed by atoms with E-state index in [2.05, 4.69) is 51.5 Å². The third kappa shape index (κ3) is 10.4. The number of anilines is 2. The van der Waals surface area contributed by atoms with Gasteiger partial charge in [-0.05, 0) is 121 Å². The van der Waals surface area contributed by atoms with Crippen LogP contribution in [0.4, 0.5) is 61.7 Å². The Bertz CT molecular complexity index is 3390. The molecule has 0 aliphatic heterocycles. The van der Waals surface area contributed by atoms with Gasteiger partial charge in [0.05, 0.1) is 55.3 Å². The molecule has 8 aromatic rings. The van der Waals surface area contributed by atoms with Crippen molar-refractivity contribution in [2.75, 3.05) is 10.6 Å². The molecule has 0 bridgehead atoms. The molecule has 64 heavy (non-hydrogen) atoms. The summed E-state index contributed by atoms with van der Waals surface area (Å²) in [6, 6.07) is 45.8. The maximum Gasteiger partial charge on any atom is 0.323 e. The summed E-state index contributed by atoms with van der Waals surface area (Å²) in [6.07, 6.45) is 0. The fraction of sp³-hybridized carbons (Fsp3) is 0. The van der Waals surface area contributed by atoms with Crippen molar-refractivity contribution >= 4 is 105 Å². The SMILES string of the molecule is O=C(Nc1ccc(N=Nc2ccc(N=Nc3ccccc3)c3ccccc23)cc1)Nc1ccc(N=Nc2ccc(N=Nc3ccc(S(=O)(=O)O)cc3)c3cc(S(=O)(=O)O)ccc23)cc1. The van der Waals surface area contributed by atoms with Crippen LogP contribution < -0.4 is 10.6 Å². The van der Waals surface area contributed by atoms with Gasteiger partial charge in [-0.15, -0.1) is 20.5 Å². The zero-order valence-electron chi connectivity index (χ0n) is 33.0. The first kappa shape index (κ1) is 42.5. The van der Waals surface area contributed by atoms with Gasteiger partial charge in [-0.1, -0.05) is 48.5 Å². The zero-order chi connectivity index (χ0) is 44.7. The zero-order valence-corrected chi connectivity index (χ0v) is 34.6. The van der Waals surface area contributed by atoms with E-state index in [1.54, 1.807) is 54.6 Å². The number of carbonyl (C=O) groups is 1. The quantitative estimate of drug-likeness (QED) is 0.0681. The Labute approximate surface area is 365 Å². The number of fused-ring (bicyclic) bond motifs is 2. The maximum absolute atomic E-state index is 12.8. The van der Waals surface area contributed by atoms with E-state index in [1.807, 2.05) is 66.7 Å². The number of hydrogen-bond donors (Lipinski definition) is 4. The lowest BCUT2D eigenvalue weighted by Gasteiger charge is -2.08. The third-order valence-electron chi connectivity index (χ3n) is 9.35. The molecule has 0 spiro atoms. The number of rotatable bonds is 12.